The molecule has 3 N–H and O–H groups in total. The van der Waals surface area contributed by atoms with Crippen molar-refractivity contribution in [2.45, 2.75) is 23.9 Å². The number of ether oxygens (including phenoxy) is 1. The van der Waals surface area contributed by atoms with Gasteiger partial charge in [0.05, 0.1) is 11.1 Å². The van der Waals surface area contributed by atoms with Crippen molar-refractivity contribution in [2.75, 3.05) is 7.05 Å². The van der Waals surface area contributed by atoms with Crippen molar-refractivity contribution in [1.82, 2.24) is 18.9 Å². The molecule has 1 aromatic heterocycles. The smallest absolute Gasteiger partial charge is 0.330 e. The molecule has 0 bridgehead atoms. The maximum atomic E-state index is 13.1. The quantitative estimate of drug-likeness (QED) is 0.312. The van der Waals surface area contributed by atoms with Gasteiger partial charge in [0.1, 0.15) is 17.5 Å². The van der Waals surface area contributed by atoms with Crippen molar-refractivity contribution in [2.24, 2.45) is 7.05 Å². The number of para-hydroxylation sites is 1. The summed E-state index contributed by atoms with van der Waals surface area (Å²) < 4.78 is 34.8. The second kappa shape index (κ2) is 9.90. The van der Waals surface area contributed by atoms with Crippen LogP contribution in [0, 0.1) is 0 Å². The third-order valence-corrected chi connectivity index (χ3v) is 6.96. The predicted molar refractivity (Wildman–Crippen MR) is 118 cm³/mol. The van der Waals surface area contributed by atoms with E-state index in [9.17, 15) is 23.1 Å². The number of imidazole rings is 1. The standard InChI is InChI=1S/C21H24N4O7S/c1-23-14-19(26)25(21(23)28)13-12-18(20(27)22-29)24(2)33(30,31)17-10-8-16(9-11-17)32-15-6-4-3-5-7-15/h3-11,14,18,26,29H,12-13H2,1-2H3,(H,22,27). The highest BCUT2D eigenvalue weighted by molar-refractivity contribution is 7.89. The molecule has 0 spiro atoms. The lowest BCUT2D eigenvalue weighted by molar-refractivity contribution is -0.133. The van der Waals surface area contributed by atoms with Gasteiger partial charge in [0.25, 0.3) is 5.91 Å². The highest BCUT2D eigenvalue weighted by Gasteiger charge is 2.33. The Morgan fingerprint density at radius 1 is 1.12 bits per heavy atom. The number of nitrogens with one attached hydrogen (secondary N) is 1. The lowest BCUT2D eigenvalue weighted by Gasteiger charge is -2.26. The zero-order valence-corrected chi connectivity index (χ0v) is 18.8. The van der Waals surface area contributed by atoms with Crippen LogP contribution in [0.4, 0.5) is 0 Å². The molecule has 3 aromatic rings. The van der Waals surface area contributed by atoms with Crippen LogP contribution in [0.2, 0.25) is 0 Å². The Hall–Kier alpha value is -3.61. The average molecular weight is 477 g/mol. The van der Waals surface area contributed by atoms with Gasteiger partial charge in [0.15, 0.2) is 0 Å². The summed E-state index contributed by atoms with van der Waals surface area (Å²) in [7, 11) is -1.52. The van der Waals surface area contributed by atoms with Crippen molar-refractivity contribution in [3.8, 4) is 17.4 Å². The Bertz CT molecular complexity index is 1270. The molecule has 0 aliphatic heterocycles. The molecule has 12 heteroatoms. The van der Waals surface area contributed by atoms with E-state index in [1.807, 2.05) is 6.07 Å². The molecule has 0 saturated carbocycles. The molecule has 11 nitrogen and oxygen atoms in total. The van der Waals surface area contributed by atoms with E-state index in [1.165, 1.54) is 50.0 Å². The van der Waals surface area contributed by atoms with Crippen LogP contribution >= 0.6 is 0 Å². The predicted octanol–water partition coefficient (Wildman–Crippen LogP) is 1.27. The minimum Gasteiger partial charge on any atom is -0.493 e. The van der Waals surface area contributed by atoms with E-state index in [0.29, 0.717) is 11.5 Å². The monoisotopic (exact) mass is 476 g/mol. The number of aromatic hydroxyl groups is 1. The van der Waals surface area contributed by atoms with Gasteiger partial charge < -0.3 is 9.84 Å². The summed E-state index contributed by atoms with van der Waals surface area (Å²) in [6.45, 7) is -0.159. The van der Waals surface area contributed by atoms with Gasteiger partial charge in [-0.3, -0.25) is 19.1 Å². The van der Waals surface area contributed by atoms with Gasteiger partial charge in [0.2, 0.25) is 15.9 Å². The van der Waals surface area contributed by atoms with E-state index in [1.54, 1.807) is 24.3 Å². The Labute approximate surface area is 190 Å². The minimum absolute atomic E-state index is 0.0964. The van der Waals surface area contributed by atoms with Gasteiger partial charge in [-0.15, -0.1) is 0 Å². The number of sulfonamides is 1. The number of hydrogen-bond acceptors (Lipinski definition) is 7. The number of aryl methyl sites for hydroxylation is 1. The number of rotatable bonds is 9. The highest BCUT2D eigenvalue weighted by atomic mass is 32.2. The first-order chi connectivity index (χ1) is 15.6. The van der Waals surface area contributed by atoms with Crippen molar-refractivity contribution < 1.29 is 28.3 Å². The van der Waals surface area contributed by atoms with Gasteiger partial charge in [-0.05, 0) is 42.8 Å². The Morgan fingerprint density at radius 3 is 2.27 bits per heavy atom. The third kappa shape index (κ3) is 5.25. The van der Waals surface area contributed by atoms with Crippen LogP contribution in [-0.2, 0) is 28.4 Å². The zero-order chi connectivity index (χ0) is 24.2. The summed E-state index contributed by atoms with van der Waals surface area (Å²) in [4.78, 5) is 24.2. The minimum atomic E-state index is -4.15. The molecule has 176 valence electrons. The molecule has 0 radical (unpaired) electrons. The topological polar surface area (TPSA) is 143 Å². The van der Waals surface area contributed by atoms with Gasteiger partial charge in [-0.1, -0.05) is 18.2 Å². The van der Waals surface area contributed by atoms with Gasteiger partial charge in [0, 0.05) is 20.6 Å². The first-order valence-corrected chi connectivity index (χ1v) is 11.3. The molecule has 0 aliphatic carbocycles. The maximum absolute atomic E-state index is 13.1. The van der Waals surface area contributed by atoms with Gasteiger partial charge >= 0.3 is 5.69 Å². The number of hydroxylamine groups is 1. The third-order valence-electron chi connectivity index (χ3n) is 5.08. The Kier molecular flexibility index (Phi) is 7.21. The van der Waals surface area contributed by atoms with E-state index in [2.05, 4.69) is 0 Å². The fourth-order valence-electron chi connectivity index (χ4n) is 3.24. The van der Waals surface area contributed by atoms with Gasteiger partial charge in [-0.25, -0.2) is 18.7 Å². The summed E-state index contributed by atoms with van der Waals surface area (Å²) in [5.41, 5.74) is 0.924. The molecule has 2 aromatic carbocycles. The lowest BCUT2D eigenvalue weighted by atomic mass is 10.2. The van der Waals surface area contributed by atoms with Crippen molar-refractivity contribution in [3.63, 3.8) is 0 Å². The summed E-state index contributed by atoms with van der Waals surface area (Å²) in [5, 5.41) is 19.0. The molecule has 0 fully saturated rings. The van der Waals surface area contributed by atoms with E-state index in [4.69, 9.17) is 9.94 Å². The summed E-state index contributed by atoms with van der Waals surface area (Å²) in [5.74, 6) is -0.297. The normalized spacial score (nSPS) is 12.5. The molecule has 3 rings (SSSR count). The SMILES string of the molecule is CN(C(CCn1c(O)cn(C)c1=O)C(=O)NO)S(=O)(=O)c1ccc(Oc2ccccc2)cc1. The second-order valence-electron chi connectivity index (χ2n) is 7.22. The molecule has 1 atom stereocenters. The van der Waals surface area contributed by atoms with Crippen molar-refractivity contribution in [3.05, 3.63) is 71.3 Å². The molecule has 1 heterocycles. The fourth-order valence-corrected chi connectivity index (χ4v) is 4.59. The van der Waals surface area contributed by atoms with Crippen LogP contribution < -0.4 is 15.9 Å². The molecule has 0 saturated heterocycles. The Morgan fingerprint density at radius 2 is 1.73 bits per heavy atom. The summed E-state index contributed by atoms with van der Waals surface area (Å²) in [6, 6.07) is 13.2. The molecular formula is C21H24N4O7S. The number of hydrogen-bond donors (Lipinski definition) is 3. The number of benzene rings is 2. The molecule has 1 amide bonds. The molecule has 1 unspecified atom stereocenters. The number of aromatic nitrogens is 2. The number of amides is 1. The maximum Gasteiger partial charge on any atom is 0.330 e. The van der Waals surface area contributed by atoms with E-state index >= 15 is 0 Å². The fraction of sp³-hybridized carbons (Fsp3) is 0.238. The summed E-state index contributed by atoms with van der Waals surface area (Å²) >= 11 is 0. The average Bonchev–Trinajstić information content (AvgIpc) is 3.05. The van der Waals surface area contributed by atoms with Crippen molar-refractivity contribution >= 4 is 15.9 Å². The largest absolute Gasteiger partial charge is 0.493 e. The number of carbonyl (C=O) groups excluding carboxylic acids is 1. The van der Waals surface area contributed by atoms with Crippen molar-refractivity contribution in [1.29, 1.82) is 0 Å². The number of nitrogens with zero attached hydrogens (tertiary/aromatic N) is 3. The van der Waals surface area contributed by atoms with Crippen LogP contribution in [0.5, 0.6) is 17.4 Å². The first kappa shape index (κ1) is 24.0. The first-order valence-electron chi connectivity index (χ1n) is 9.85. The lowest BCUT2D eigenvalue weighted by Crippen LogP contribution is -2.47. The number of likely N-dealkylation sites (N-methyl/N-ethyl adjacent to an activating group) is 1. The van der Waals surface area contributed by atoms with E-state index in [0.717, 1.165) is 13.4 Å². The molecular weight excluding hydrogens is 452 g/mol. The highest BCUT2D eigenvalue weighted by Crippen LogP contribution is 2.25. The molecule has 33 heavy (non-hydrogen) atoms. The second-order valence-corrected chi connectivity index (χ2v) is 9.22. The van der Waals surface area contributed by atoms with E-state index in [-0.39, 0.29) is 23.7 Å². The Balaban J connectivity index is 1.80. The van der Waals surface area contributed by atoms with Crippen LogP contribution in [0.25, 0.3) is 0 Å². The van der Waals surface area contributed by atoms with Crippen LogP contribution in [0.3, 0.4) is 0 Å². The molecule has 0 aliphatic rings. The zero-order valence-electron chi connectivity index (χ0n) is 18.0. The summed E-state index contributed by atoms with van der Waals surface area (Å²) in [6.07, 6.45) is 1.01. The van der Waals surface area contributed by atoms with Crippen LogP contribution in [0.15, 0.2) is 70.5 Å². The van der Waals surface area contributed by atoms with Crippen LogP contribution in [-0.4, -0.2) is 51.2 Å². The number of carbonyl (C=O) groups is 1. The van der Waals surface area contributed by atoms with Crippen LogP contribution in [0.1, 0.15) is 6.42 Å². The van der Waals surface area contributed by atoms with E-state index < -0.39 is 27.7 Å². The van der Waals surface area contributed by atoms with Gasteiger partial charge in [-0.2, -0.15) is 4.31 Å².